The lowest BCUT2D eigenvalue weighted by atomic mass is 10.2. The molecule has 0 fully saturated rings. The van der Waals surface area contributed by atoms with Crippen LogP contribution in [0.15, 0.2) is 30.6 Å². The second kappa shape index (κ2) is 11.7. The number of amides is 1. The molecule has 1 aromatic heterocycles. The largest absolute Gasteiger partial charge is 0.462 e. The molecule has 0 saturated heterocycles. The SMILES string of the molecule is CC(C)(C)OC=O.CCNc1ncnc(C)c1N(C(=O)OC(C)(C)C)c1ccccc1Cl. The Kier molecular flexibility index (Phi) is 9.90. The van der Waals surface area contributed by atoms with Gasteiger partial charge >= 0.3 is 6.09 Å². The van der Waals surface area contributed by atoms with E-state index < -0.39 is 11.7 Å². The molecule has 0 atom stereocenters. The number of ether oxygens (including phenoxy) is 2. The summed E-state index contributed by atoms with van der Waals surface area (Å²) in [7, 11) is 0. The van der Waals surface area contributed by atoms with E-state index in [1.54, 1.807) is 18.2 Å². The lowest BCUT2D eigenvalue weighted by Gasteiger charge is -2.29. The molecule has 2 rings (SSSR count). The highest BCUT2D eigenvalue weighted by molar-refractivity contribution is 6.34. The van der Waals surface area contributed by atoms with Crippen molar-refractivity contribution in [3.05, 3.63) is 41.3 Å². The van der Waals surface area contributed by atoms with Gasteiger partial charge in [-0.05, 0) is 67.5 Å². The highest BCUT2D eigenvalue weighted by Crippen LogP contribution is 2.37. The number of aryl methyl sites for hydroxylation is 1. The summed E-state index contributed by atoms with van der Waals surface area (Å²) in [5.41, 5.74) is 0.694. The molecular weight excluding hydrogens is 432 g/mol. The number of halogens is 1. The highest BCUT2D eigenvalue weighted by atomic mass is 35.5. The summed E-state index contributed by atoms with van der Waals surface area (Å²) < 4.78 is 10.1. The summed E-state index contributed by atoms with van der Waals surface area (Å²) in [4.78, 5) is 32.5. The summed E-state index contributed by atoms with van der Waals surface area (Å²) in [6, 6.07) is 7.10. The number of hydrogen-bond donors (Lipinski definition) is 1. The number of aromatic nitrogens is 2. The molecule has 0 aliphatic heterocycles. The molecular formula is C23H33ClN4O4. The zero-order valence-corrected chi connectivity index (χ0v) is 20.8. The third-order valence-corrected chi connectivity index (χ3v) is 3.96. The van der Waals surface area contributed by atoms with E-state index in [1.165, 1.54) is 11.2 Å². The third-order valence-electron chi connectivity index (χ3n) is 3.64. The van der Waals surface area contributed by atoms with Crippen LogP contribution in [-0.2, 0) is 14.3 Å². The molecule has 1 aromatic carbocycles. The van der Waals surface area contributed by atoms with Crippen molar-refractivity contribution in [2.24, 2.45) is 0 Å². The first-order valence-electron chi connectivity index (χ1n) is 10.2. The van der Waals surface area contributed by atoms with E-state index in [0.29, 0.717) is 40.9 Å². The van der Waals surface area contributed by atoms with E-state index in [2.05, 4.69) is 20.0 Å². The molecule has 1 N–H and O–H groups in total. The molecule has 0 aliphatic rings. The summed E-state index contributed by atoms with van der Waals surface area (Å²) in [6.07, 6.45) is 0.911. The molecule has 8 nitrogen and oxygen atoms in total. The van der Waals surface area contributed by atoms with Gasteiger partial charge in [0.05, 0.1) is 16.4 Å². The number of para-hydroxylation sites is 1. The second-order valence-corrected chi connectivity index (χ2v) is 9.19. The Morgan fingerprint density at radius 1 is 1.12 bits per heavy atom. The number of carbonyl (C=O) groups excluding carboxylic acids is 2. The van der Waals surface area contributed by atoms with Crippen molar-refractivity contribution in [2.45, 2.75) is 66.6 Å². The van der Waals surface area contributed by atoms with E-state index in [-0.39, 0.29) is 5.60 Å². The van der Waals surface area contributed by atoms with Crippen LogP contribution in [-0.4, -0.2) is 40.3 Å². The predicted octanol–water partition coefficient (Wildman–Crippen LogP) is 5.90. The van der Waals surface area contributed by atoms with Gasteiger partial charge in [0, 0.05) is 6.54 Å². The van der Waals surface area contributed by atoms with Gasteiger partial charge in [-0.15, -0.1) is 0 Å². The molecule has 0 saturated carbocycles. The smallest absolute Gasteiger partial charge is 0.419 e. The molecule has 2 aromatic rings. The second-order valence-electron chi connectivity index (χ2n) is 8.78. The Labute approximate surface area is 195 Å². The van der Waals surface area contributed by atoms with Crippen molar-refractivity contribution in [3.63, 3.8) is 0 Å². The van der Waals surface area contributed by atoms with Gasteiger partial charge in [0.15, 0.2) is 5.82 Å². The fraction of sp³-hybridized carbons (Fsp3) is 0.478. The maximum absolute atomic E-state index is 13.0. The van der Waals surface area contributed by atoms with Crippen molar-refractivity contribution < 1.29 is 19.1 Å². The number of carbonyl (C=O) groups is 2. The van der Waals surface area contributed by atoms with Crippen molar-refractivity contribution in [3.8, 4) is 0 Å². The van der Waals surface area contributed by atoms with Crippen LogP contribution >= 0.6 is 11.6 Å². The van der Waals surface area contributed by atoms with E-state index >= 15 is 0 Å². The van der Waals surface area contributed by atoms with Gasteiger partial charge in [0.25, 0.3) is 6.47 Å². The molecule has 0 spiro atoms. The van der Waals surface area contributed by atoms with Crippen LogP contribution < -0.4 is 10.2 Å². The first kappa shape index (κ1) is 27.2. The molecule has 9 heteroatoms. The lowest BCUT2D eigenvalue weighted by Crippen LogP contribution is -2.35. The van der Waals surface area contributed by atoms with Gasteiger partial charge in [-0.1, -0.05) is 23.7 Å². The van der Waals surface area contributed by atoms with Gasteiger partial charge < -0.3 is 14.8 Å². The Hall–Kier alpha value is -2.87. The van der Waals surface area contributed by atoms with Crippen LogP contribution in [0.2, 0.25) is 5.02 Å². The predicted molar refractivity (Wildman–Crippen MR) is 128 cm³/mol. The van der Waals surface area contributed by atoms with Crippen LogP contribution in [0, 0.1) is 6.92 Å². The minimum atomic E-state index is -0.654. The maximum atomic E-state index is 13.0. The van der Waals surface area contributed by atoms with Crippen LogP contribution in [0.5, 0.6) is 0 Å². The third kappa shape index (κ3) is 8.70. The summed E-state index contributed by atoms with van der Waals surface area (Å²) in [5, 5.41) is 3.59. The van der Waals surface area contributed by atoms with Crippen molar-refractivity contribution in [1.29, 1.82) is 0 Å². The minimum Gasteiger partial charge on any atom is -0.462 e. The zero-order valence-electron chi connectivity index (χ0n) is 20.0. The normalized spacial score (nSPS) is 11.0. The number of anilines is 3. The number of benzene rings is 1. The van der Waals surface area contributed by atoms with Crippen molar-refractivity contribution in [2.75, 3.05) is 16.8 Å². The zero-order chi connectivity index (χ0) is 24.5. The summed E-state index contributed by atoms with van der Waals surface area (Å²) in [5.74, 6) is 0.542. The highest BCUT2D eigenvalue weighted by Gasteiger charge is 2.30. The minimum absolute atomic E-state index is 0.318. The van der Waals surface area contributed by atoms with E-state index in [1.807, 2.05) is 61.5 Å². The summed E-state index contributed by atoms with van der Waals surface area (Å²) >= 11 is 6.36. The number of nitrogens with zero attached hydrogens (tertiary/aromatic N) is 3. The van der Waals surface area contributed by atoms with Crippen LogP contribution in [0.25, 0.3) is 0 Å². The first-order valence-corrected chi connectivity index (χ1v) is 10.6. The quantitative estimate of drug-likeness (QED) is 0.550. The average Bonchev–Trinajstić information content (AvgIpc) is 2.64. The van der Waals surface area contributed by atoms with Crippen molar-refractivity contribution in [1.82, 2.24) is 9.97 Å². The Balaban J connectivity index is 0.000000633. The first-order chi connectivity index (χ1) is 14.8. The van der Waals surface area contributed by atoms with E-state index in [0.717, 1.165) is 0 Å². The van der Waals surface area contributed by atoms with Gasteiger partial charge in [0.1, 0.15) is 23.2 Å². The number of rotatable bonds is 5. The van der Waals surface area contributed by atoms with Crippen LogP contribution in [0.1, 0.15) is 54.2 Å². The molecule has 1 heterocycles. The number of hydrogen-bond acceptors (Lipinski definition) is 7. The van der Waals surface area contributed by atoms with Gasteiger partial charge in [-0.25, -0.2) is 19.7 Å². The topological polar surface area (TPSA) is 93.6 Å². The average molecular weight is 465 g/mol. The lowest BCUT2D eigenvalue weighted by molar-refractivity contribution is -0.138. The Morgan fingerprint density at radius 2 is 1.75 bits per heavy atom. The molecule has 1 amide bonds. The molecule has 0 unspecified atom stereocenters. The molecule has 0 bridgehead atoms. The van der Waals surface area contributed by atoms with Crippen molar-refractivity contribution >= 4 is 41.4 Å². The molecule has 176 valence electrons. The molecule has 0 radical (unpaired) electrons. The summed E-state index contributed by atoms with van der Waals surface area (Å²) in [6.45, 7) is 15.8. The van der Waals surface area contributed by atoms with Gasteiger partial charge in [-0.2, -0.15) is 0 Å². The van der Waals surface area contributed by atoms with Gasteiger partial charge in [-0.3, -0.25) is 4.79 Å². The van der Waals surface area contributed by atoms with Crippen LogP contribution in [0.4, 0.5) is 22.0 Å². The molecule has 32 heavy (non-hydrogen) atoms. The monoisotopic (exact) mass is 464 g/mol. The maximum Gasteiger partial charge on any atom is 0.419 e. The fourth-order valence-corrected chi connectivity index (χ4v) is 2.65. The fourth-order valence-electron chi connectivity index (χ4n) is 2.43. The Bertz CT molecular complexity index is 908. The van der Waals surface area contributed by atoms with E-state index in [4.69, 9.17) is 16.3 Å². The Morgan fingerprint density at radius 3 is 2.22 bits per heavy atom. The van der Waals surface area contributed by atoms with Crippen LogP contribution in [0.3, 0.4) is 0 Å². The standard InChI is InChI=1S/C18H23ClN4O2.C5H10O2/c1-6-20-16-15(12(2)21-11-22-16)23(17(24)25-18(3,4)5)14-10-8-7-9-13(14)19;1-5(2,3)7-4-6/h7-11H,6H2,1-5H3,(H,20,21,22);4H,1-3H3. The molecule has 0 aliphatic carbocycles. The number of nitrogens with one attached hydrogen (secondary N) is 1. The van der Waals surface area contributed by atoms with Gasteiger partial charge in [0.2, 0.25) is 0 Å². The van der Waals surface area contributed by atoms with E-state index in [9.17, 15) is 9.59 Å².